The van der Waals surface area contributed by atoms with E-state index in [0.29, 0.717) is 5.92 Å². The smallest absolute Gasteiger partial charge is 0.0908 e. The molecule has 0 aliphatic heterocycles. The summed E-state index contributed by atoms with van der Waals surface area (Å²) in [5.74, 6) is 0.500. The molecule has 0 heterocycles. The zero-order valence-corrected chi connectivity index (χ0v) is 4.68. The second kappa shape index (κ2) is 3.42. The molecule has 0 saturated carbocycles. The number of allylic oxidation sites excluding steroid dienone is 2. The molecule has 0 saturated heterocycles. The maximum atomic E-state index is 7.98. The quantitative estimate of drug-likeness (QED) is 0.455. The largest absolute Gasteiger partial charge is 0.193 e. The van der Waals surface area contributed by atoms with E-state index in [4.69, 9.17) is 5.26 Å². The van der Waals surface area contributed by atoms with E-state index in [-0.39, 0.29) is 0 Å². The predicted octanol–water partition coefficient (Wildman–Crippen LogP) is 1.72. The van der Waals surface area contributed by atoms with Crippen LogP contribution in [0.1, 0.15) is 13.8 Å². The average Bonchev–Trinajstić information content (AvgIpc) is 1.61. The summed E-state index contributed by atoms with van der Waals surface area (Å²) in [5, 5.41) is 7.98. The van der Waals surface area contributed by atoms with Crippen LogP contribution >= 0.6 is 0 Å². The van der Waals surface area contributed by atoms with Gasteiger partial charge in [0.05, 0.1) is 6.07 Å². The molecular weight excluding hydrogens is 86.1 g/mol. The Morgan fingerprint density at radius 2 is 2.14 bits per heavy atom. The van der Waals surface area contributed by atoms with Crippen LogP contribution in [0.5, 0.6) is 0 Å². The number of nitriles is 1. The van der Waals surface area contributed by atoms with Crippen LogP contribution in [-0.2, 0) is 0 Å². The summed E-state index contributed by atoms with van der Waals surface area (Å²) in [4.78, 5) is 0. The highest BCUT2D eigenvalue weighted by Gasteiger charge is 1.78. The first kappa shape index (κ1) is 6.23. The lowest BCUT2D eigenvalue weighted by Crippen LogP contribution is -1.73. The molecule has 1 heteroatoms. The highest BCUT2D eigenvalue weighted by Crippen LogP contribution is 1.90. The molecule has 0 atom stereocenters. The molecule has 0 aliphatic carbocycles. The van der Waals surface area contributed by atoms with Gasteiger partial charge in [0.25, 0.3) is 0 Å². The van der Waals surface area contributed by atoms with Crippen LogP contribution in [0, 0.1) is 17.2 Å². The fourth-order valence-corrected chi connectivity index (χ4v) is 0.235. The van der Waals surface area contributed by atoms with Crippen LogP contribution in [0.15, 0.2) is 12.2 Å². The maximum absolute atomic E-state index is 7.98. The fraction of sp³-hybridized carbons (Fsp3) is 0.500. The lowest BCUT2D eigenvalue weighted by molar-refractivity contribution is 0.832. The number of nitrogens with zero attached hydrogens (tertiary/aromatic N) is 1. The SMILES string of the molecule is CC(C)/C=C/C#N. The highest BCUT2D eigenvalue weighted by molar-refractivity contribution is 5.02. The van der Waals surface area contributed by atoms with Crippen molar-refractivity contribution in [2.45, 2.75) is 13.8 Å². The van der Waals surface area contributed by atoms with Gasteiger partial charge in [0, 0.05) is 6.08 Å². The van der Waals surface area contributed by atoms with Gasteiger partial charge in [-0.2, -0.15) is 5.26 Å². The molecule has 38 valence electrons. The van der Waals surface area contributed by atoms with Crippen LogP contribution in [0.2, 0.25) is 0 Å². The van der Waals surface area contributed by atoms with Crippen molar-refractivity contribution in [2.75, 3.05) is 0 Å². The first-order chi connectivity index (χ1) is 3.27. The van der Waals surface area contributed by atoms with Crippen molar-refractivity contribution in [3.8, 4) is 6.07 Å². The Kier molecular flexibility index (Phi) is 3.04. The van der Waals surface area contributed by atoms with Crippen molar-refractivity contribution in [3.63, 3.8) is 0 Å². The molecule has 0 rings (SSSR count). The van der Waals surface area contributed by atoms with Crippen molar-refractivity contribution in [1.82, 2.24) is 0 Å². The molecule has 0 radical (unpaired) electrons. The zero-order valence-electron chi connectivity index (χ0n) is 4.68. The fourth-order valence-electron chi connectivity index (χ4n) is 0.235. The van der Waals surface area contributed by atoms with Crippen LogP contribution < -0.4 is 0 Å². The molecular formula is C6H9N. The highest BCUT2D eigenvalue weighted by atomic mass is 14.2. The van der Waals surface area contributed by atoms with E-state index in [1.165, 1.54) is 6.08 Å². The van der Waals surface area contributed by atoms with E-state index in [0.717, 1.165) is 0 Å². The van der Waals surface area contributed by atoms with Gasteiger partial charge >= 0.3 is 0 Å². The molecule has 7 heavy (non-hydrogen) atoms. The van der Waals surface area contributed by atoms with E-state index >= 15 is 0 Å². The van der Waals surface area contributed by atoms with Crippen LogP contribution in [0.4, 0.5) is 0 Å². The standard InChI is InChI=1S/C6H9N/c1-6(2)4-3-5-7/h3-4,6H,1-2H3/b4-3+. The molecule has 0 aromatic rings. The van der Waals surface area contributed by atoms with Gasteiger partial charge in [0.15, 0.2) is 0 Å². The molecule has 0 N–H and O–H groups in total. The van der Waals surface area contributed by atoms with E-state index in [9.17, 15) is 0 Å². The Balaban J connectivity index is 3.31. The normalized spacial score (nSPS) is 10.0. The predicted molar refractivity (Wildman–Crippen MR) is 29.6 cm³/mol. The first-order valence-corrected chi connectivity index (χ1v) is 2.33. The molecule has 0 aromatic carbocycles. The van der Waals surface area contributed by atoms with Crippen LogP contribution in [0.3, 0.4) is 0 Å². The minimum absolute atomic E-state index is 0.500. The van der Waals surface area contributed by atoms with E-state index in [1.807, 2.05) is 26.0 Å². The number of hydrogen-bond donors (Lipinski definition) is 0. The third kappa shape index (κ3) is 5.23. The van der Waals surface area contributed by atoms with Gasteiger partial charge in [-0.05, 0) is 5.92 Å². The van der Waals surface area contributed by atoms with Gasteiger partial charge in [-0.1, -0.05) is 19.9 Å². The summed E-state index contributed by atoms with van der Waals surface area (Å²) in [7, 11) is 0. The second-order valence-electron chi connectivity index (χ2n) is 1.73. The third-order valence-corrected chi connectivity index (χ3v) is 0.556. The van der Waals surface area contributed by atoms with E-state index < -0.39 is 0 Å². The molecule has 0 amide bonds. The summed E-state index contributed by atoms with van der Waals surface area (Å²) in [6.45, 7) is 4.07. The molecule has 0 fully saturated rings. The van der Waals surface area contributed by atoms with Gasteiger partial charge in [0.1, 0.15) is 0 Å². The Morgan fingerprint density at radius 3 is 2.29 bits per heavy atom. The summed E-state index contributed by atoms with van der Waals surface area (Å²) in [6, 6.07) is 1.92. The van der Waals surface area contributed by atoms with Gasteiger partial charge in [-0.15, -0.1) is 0 Å². The average molecular weight is 95.1 g/mol. The third-order valence-electron chi connectivity index (χ3n) is 0.556. The summed E-state index contributed by atoms with van der Waals surface area (Å²) in [5.41, 5.74) is 0. The molecule has 1 nitrogen and oxygen atoms in total. The van der Waals surface area contributed by atoms with Gasteiger partial charge in [0.2, 0.25) is 0 Å². The topological polar surface area (TPSA) is 23.8 Å². The van der Waals surface area contributed by atoms with Crippen molar-refractivity contribution in [1.29, 1.82) is 5.26 Å². The number of rotatable bonds is 1. The summed E-state index contributed by atoms with van der Waals surface area (Å²) in [6.07, 6.45) is 3.37. The molecule has 0 bridgehead atoms. The molecule has 0 aromatic heterocycles. The summed E-state index contributed by atoms with van der Waals surface area (Å²) < 4.78 is 0. The Labute approximate surface area is 44.3 Å². The van der Waals surface area contributed by atoms with Gasteiger partial charge in [-0.3, -0.25) is 0 Å². The Morgan fingerprint density at radius 1 is 1.57 bits per heavy atom. The van der Waals surface area contributed by atoms with Crippen molar-refractivity contribution in [2.24, 2.45) is 5.92 Å². The minimum Gasteiger partial charge on any atom is -0.193 e. The second-order valence-corrected chi connectivity index (χ2v) is 1.73. The number of hydrogen-bond acceptors (Lipinski definition) is 1. The lowest BCUT2D eigenvalue weighted by atomic mass is 10.2. The van der Waals surface area contributed by atoms with E-state index in [1.54, 1.807) is 0 Å². The minimum atomic E-state index is 0.500. The van der Waals surface area contributed by atoms with Crippen molar-refractivity contribution >= 4 is 0 Å². The molecule has 0 spiro atoms. The van der Waals surface area contributed by atoms with E-state index in [2.05, 4.69) is 0 Å². The summed E-state index contributed by atoms with van der Waals surface area (Å²) >= 11 is 0. The zero-order chi connectivity index (χ0) is 5.70. The van der Waals surface area contributed by atoms with Gasteiger partial charge < -0.3 is 0 Å². The molecule has 0 aliphatic rings. The first-order valence-electron chi connectivity index (χ1n) is 2.33. The van der Waals surface area contributed by atoms with Crippen LogP contribution in [0.25, 0.3) is 0 Å². The van der Waals surface area contributed by atoms with Crippen LogP contribution in [-0.4, -0.2) is 0 Å². The van der Waals surface area contributed by atoms with Crippen molar-refractivity contribution in [3.05, 3.63) is 12.2 Å². The Hall–Kier alpha value is -0.770. The monoisotopic (exact) mass is 95.1 g/mol. The van der Waals surface area contributed by atoms with Crippen molar-refractivity contribution < 1.29 is 0 Å². The Bertz CT molecular complexity index is 95.2. The maximum Gasteiger partial charge on any atom is 0.0908 e. The lowest BCUT2D eigenvalue weighted by Gasteiger charge is -1.86. The van der Waals surface area contributed by atoms with Gasteiger partial charge in [-0.25, -0.2) is 0 Å². The molecule has 0 unspecified atom stereocenters.